The summed E-state index contributed by atoms with van der Waals surface area (Å²) in [6, 6.07) is 9.73. The van der Waals surface area contributed by atoms with Gasteiger partial charge in [0.2, 0.25) is 0 Å². The van der Waals surface area contributed by atoms with E-state index in [0.717, 1.165) is 22.3 Å². The Labute approximate surface area is 210 Å². The van der Waals surface area contributed by atoms with Crippen LogP contribution in [0.25, 0.3) is 0 Å². The van der Waals surface area contributed by atoms with Crippen molar-refractivity contribution in [3.05, 3.63) is 88.3 Å². The number of nitrogens with zero attached hydrogens (tertiary/aromatic N) is 1. The number of rotatable bonds is 8. The van der Waals surface area contributed by atoms with Crippen molar-refractivity contribution in [1.29, 1.82) is 0 Å². The number of allylic oxidation sites excluding steroid dienone is 3. The molecule has 2 N–H and O–H groups in total. The number of amides is 2. The van der Waals surface area contributed by atoms with Crippen LogP contribution < -0.4 is 10.6 Å². The number of hydrogen-bond donors (Lipinski definition) is 2. The second-order valence-corrected chi connectivity index (χ2v) is 9.32. The summed E-state index contributed by atoms with van der Waals surface area (Å²) in [5.74, 6) is -0.158. The smallest absolute Gasteiger partial charge is 0.407 e. The number of benzene rings is 1. The van der Waals surface area contributed by atoms with E-state index in [1.54, 1.807) is 12.4 Å². The van der Waals surface area contributed by atoms with Gasteiger partial charge in [-0.25, -0.2) is 4.79 Å². The van der Waals surface area contributed by atoms with E-state index in [9.17, 15) is 9.59 Å². The fourth-order valence-electron chi connectivity index (χ4n) is 3.00. The first kappa shape index (κ1) is 29.6. The van der Waals surface area contributed by atoms with E-state index in [-0.39, 0.29) is 5.91 Å². The Balaban J connectivity index is 0.00000298. The first-order valence-corrected chi connectivity index (χ1v) is 12.1. The van der Waals surface area contributed by atoms with E-state index in [1.165, 1.54) is 5.57 Å². The lowest BCUT2D eigenvalue weighted by molar-refractivity contribution is 0.0523. The van der Waals surface area contributed by atoms with Crippen LogP contribution in [0.4, 0.5) is 4.79 Å². The zero-order valence-corrected chi connectivity index (χ0v) is 22.5. The molecule has 0 radical (unpaired) electrons. The minimum atomic E-state index is -0.545. The average molecular weight is 480 g/mol. The second-order valence-electron chi connectivity index (χ2n) is 9.32. The molecule has 0 aliphatic heterocycles. The molecule has 0 saturated heterocycles. The number of hydrogen-bond acceptors (Lipinski definition) is 4. The molecule has 1 aromatic heterocycles. The predicted octanol–water partition coefficient (Wildman–Crippen LogP) is 6.37. The first-order valence-electron chi connectivity index (χ1n) is 12.1. The van der Waals surface area contributed by atoms with E-state index >= 15 is 0 Å². The third kappa shape index (κ3) is 12.0. The van der Waals surface area contributed by atoms with Crippen LogP contribution in [0.2, 0.25) is 0 Å². The van der Waals surface area contributed by atoms with Crippen molar-refractivity contribution in [3.63, 3.8) is 0 Å². The molecule has 0 unspecified atom stereocenters. The zero-order valence-electron chi connectivity index (χ0n) is 22.5. The summed E-state index contributed by atoms with van der Waals surface area (Å²) in [6.07, 6.45) is 7.51. The molecule has 6 heteroatoms. The second kappa shape index (κ2) is 14.8. The molecule has 2 rings (SSSR count). The van der Waals surface area contributed by atoms with Crippen molar-refractivity contribution in [1.82, 2.24) is 15.6 Å². The number of pyridine rings is 1. The number of carbonyl (C=O) groups excluding carboxylic acids is 2. The standard InChI is InChI=1S/C27H35N3O3.C2H6/c1-19(2)11-12-20(3)15-29-25(31)24-14-21(16-28-17-24)13-22-9-7-8-10-23(22)18-30-26(32)33-27(4,5)6;1-2/h7-12,14,16-17H,13,15,18H2,1-6H3,(H,29,31)(H,30,32);1-2H3/b20-12+;. The quantitative estimate of drug-likeness (QED) is 0.431. The van der Waals surface area contributed by atoms with Gasteiger partial charge < -0.3 is 15.4 Å². The van der Waals surface area contributed by atoms with E-state index in [1.807, 2.05) is 97.9 Å². The number of ether oxygens (including phenoxy) is 1. The van der Waals surface area contributed by atoms with Crippen LogP contribution in [0.3, 0.4) is 0 Å². The molecule has 35 heavy (non-hydrogen) atoms. The van der Waals surface area contributed by atoms with Crippen LogP contribution in [0.1, 0.15) is 82.4 Å². The van der Waals surface area contributed by atoms with Gasteiger partial charge >= 0.3 is 6.09 Å². The lowest BCUT2D eigenvalue weighted by Gasteiger charge is -2.20. The third-order valence-electron chi connectivity index (χ3n) is 4.62. The molecule has 0 saturated carbocycles. The molecular formula is C29H41N3O3. The Bertz CT molecular complexity index is 1030. The van der Waals surface area contributed by atoms with Gasteiger partial charge in [0, 0.05) is 25.5 Å². The summed E-state index contributed by atoms with van der Waals surface area (Å²) < 4.78 is 5.31. The Morgan fingerprint density at radius 3 is 2.26 bits per heavy atom. The highest BCUT2D eigenvalue weighted by Gasteiger charge is 2.16. The fourth-order valence-corrected chi connectivity index (χ4v) is 3.00. The van der Waals surface area contributed by atoms with Gasteiger partial charge in [-0.15, -0.1) is 0 Å². The Kier molecular flexibility index (Phi) is 12.5. The van der Waals surface area contributed by atoms with Gasteiger partial charge in [0.15, 0.2) is 0 Å². The van der Waals surface area contributed by atoms with Crippen molar-refractivity contribution in [2.45, 2.75) is 74.0 Å². The zero-order chi connectivity index (χ0) is 26.4. The van der Waals surface area contributed by atoms with Gasteiger partial charge in [-0.3, -0.25) is 9.78 Å². The monoisotopic (exact) mass is 479 g/mol. The number of carbonyl (C=O) groups is 2. The molecule has 2 amide bonds. The average Bonchev–Trinajstić information content (AvgIpc) is 2.81. The van der Waals surface area contributed by atoms with Crippen LogP contribution in [-0.4, -0.2) is 29.1 Å². The molecule has 1 aromatic carbocycles. The van der Waals surface area contributed by atoms with Crippen molar-refractivity contribution < 1.29 is 14.3 Å². The Morgan fingerprint density at radius 2 is 1.63 bits per heavy atom. The van der Waals surface area contributed by atoms with Gasteiger partial charge in [-0.05, 0) is 70.7 Å². The highest BCUT2D eigenvalue weighted by molar-refractivity contribution is 5.94. The number of aromatic nitrogens is 1. The largest absolute Gasteiger partial charge is 0.444 e. The molecular weight excluding hydrogens is 438 g/mol. The molecule has 1 heterocycles. The minimum absolute atomic E-state index is 0.158. The van der Waals surface area contributed by atoms with Crippen molar-refractivity contribution in [2.24, 2.45) is 0 Å². The molecule has 0 aliphatic rings. The minimum Gasteiger partial charge on any atom is -0.444 e. The van der Waals surface area contributed by atoms with Crippen molar-refractivity contribution >= 4 is 12.0 Å². The van der Waals surface area contributed by atoms with E-state index in [2.05, 4.69) is 15.6 Å². The summed E-state index contributed by atoms with van der Waals surface area (Å²) in [5, 5.41) is 5.74. The molecule has 0 aliphatic carbocycles. The van der Waals surface area contributed by atoms with Gasteiger partial charge in [0.1, 0.15) is 5.60 Å². The van der Waals surface area contributed by atoms with Crippen LogP contribution in [0.15, 0.2) is 66.0 Å². The van der Waals surface area contributed by atoms with Gasteiger partial charge in [0.05, 0.1) is 5.56 Å². The Morgan fingerprint density at radius 1 is 0.971 bits per heavy atom. The van der Waals surface area contributed by atoms with Gasteiger partial charge in [-0.2, -0.15) is 0 Å². The SMILES string of the molecule is CC.CC(C)=C/C=C(\C)CNC(=O)c1cncc(Cc2ccccc2CNC(=O)OC(C)(C)C)c1. The van der Waals surface area contributed by atoms with E-state index in [0.29, 0.717) is 25.1 Å². The Hall–Kier alpha value is -3.41. The van der Waals surface area contributed by atoms with E-state index in [4.69, 9.17) is 4.74 Å². The van der Waals surface area contributed by atoms with Gasteiger partial charge in [0.25, 0.3) is 5.91 Å². The topological polar surface area (TPSA) is 80.3 Å². The lowest BCUT2D eigenvalue weighted by Crippen LogP contribution is -2.32. The molecule has 190 valence electrons. The molecule has 0 spiro atoms. The van der Waals surface area contributed by atoms with Crippen molar-refractivity contribution in [3.8, 4) is 0 Å². The summed E-state index contributed by atoms with van der Waals surface area (Å²) in [6.45, 7) is 16.4. The summed E-state index contributed by atoms with van der Waals surface area (Å²) in [4.78, 5) is 28.9. The summed E-state index contributed by atoms with van der Waals surface area (Å²) in [5.41, 5.74) is 5.21. The maximum atomic E-state index is 12.6. The molecule has 6 nitrogen and oxygen atoms in total. The molecule has 0 bridgehead atoms. The molecule has 0 atom stereocenters. The number of alkyl carbamates (subject to hydrolysis) is 1. The maximum absolute atomic E-state index is 12.6. The van der Waals surface area contributed by atoms with Gasteiger partial charge in [-0.1, -0.05) is 61.4 Å². The fraction of sp³-hybridized carbons (Fsp3) is 0.414. The summed E-state index contributed by atoms with van der Waals surface area (Å²) >= 11 is 0. The third-order valence-corrected chi connectivity index (χ3v) is 4.62. The van der Waals surface area contributed by atoms with Crippen molar-refractivity contribution in [2.75, 3.05) is 6.54 Å². The highest BCUT2D eigenvalue weighted by atomic mass is 16.6. The normalized spacial score (nSPS) is 11.0. The molecule has 0 fully saturated rings. The maximum Gasteiger partial charge on any atom is 0.407 e. The number of nitrogens with one attached hydrogen (secondary N) is 2. The summed E-state index contributed by atoms with van der Waals surface area (Å²) in [7, 11) is 0. The first-order chi connectivity index (χ1) is 16.5. The van der Waals surface area contributed by atoms with Crippen LogP contribution in [0, 0.1) is 0 Å². The van der Waals surface area contributed by atoms with E-state index < -0.39 is 11.7 Å². The van der Waals surface area contributed by atoms with Crippen LogP contribution >= 0.6 is 0 Å². The van der Waals surface area contributed by atoms with Crippen LogP contribution in [-0.2, 0) is 17.7 Å². The predicted molar refractivity (Wildman–Crippen MR) is 143 cm³/mol. The lowest BCUT2D eigenvalue weighted by atomic mass is 10.00. The highest BCUT2D eigenvalue weighted by Crippen LogP contribution is 2.16. The molecule has 2 aromatic rings. The van der Waals surface area contributed by atoms with Crippen LogP contribution in [0.5, 0.6) is 0 Å².